The molecule has 0 saturated carbocycles. The molecule has 2 aromatic carbocycles. The molecule has 1 heterocycles. The third-order valence-electron chi connectivity index (χ3n) is 3.52. The SMILES string of the molecule is CCc1cccc(OCC(=O)Nc2ccc(-c3nccs3)cc2)c1. The number of nitrogens with one attached hydrogen (secondary N) is 1. The largest absolute Gasteiger partial charge is 0.484 e. The number of carbonyl (C=O) groups excluding carboxylic acids is 1. The van der Waals surface area contributed by atoms with Gasteiger partial charge in [-0.15, -0.1) is 11.3 Å². The normalized spacial score (nSPS) is 10.4. The van der Waals surface area contributed by atoms with E-state index in [0.29, 0.717) is 5.75 Å². The topological polar surface area (TPSA) is 51.2 Å². The van der Waals surface area contributed by atoms with Crippen LogP contribution in [0.4, 0.5) is 5.69 Å². The summed E-state index contributed by atoms with van der Waals surface area (Å²) in [5.41, 5.74) is 2.97. The van der Waals surface area contributed by atoms with Gasteiger partial charge in [0, 0.05) is 22.8 Å². The lowest BCUT2D eigenvalue weighted by Crippen LogP contribution is -2.20. The molecule has 1 aromatic heterocycles. The van der Waals surface area contributed by atoms with Gasteiger partial charge in [-0.25, -0.2) is 4.98 Å². The van der Waals surface area contributed by atoms with Crippen molar-refractivity contribution in [2.24, 2.45) is 0 Å². The summed E-state index contributed by atoms with van der Waals surface area (Å²) in [5, 5.41) is 5.74. The monoisotopic (exact) mass is 338 g/mol. The molecule has 1 amide bonds. The zero-order valence-corrected chi connectivity index (χ0v) is 14.2. The molecule has 0 fully saturated rings. The summed E-state index contributed by atoms with van der Waals surface area (Å²) in [7, 11) is 0. The van der Waals surface area contributed by atoms with Crippen LogP contribution in [-0.2, 0) is 11.2 Å². The van der Waals surface area contributed by atoms with Gasteiger partial charge in [-0.05, 0) is 48.4 Å². The van der Waals surface area contributed by atoms with Gasteiger partial charge in [0.05, 0.1) is 0 Å². The zero-order valence-electron chi connectivity index (χ0n) is 13.4. The molecule has 0 aliphatic heterocycles. The van der Waals surface area contributed by atoms with E-state index in [-0.39, 0.29) is 12.5 Å². The Morgan fingerprint density at radius 3 is 2.75 bits per heavy atom. The number of aromatic nitrogens is 1. The van der Waals surface area contributed by atoms with E-state index in [0.717, 1.165) is 22.7 Å². The average Bonchev–Trinajstić information content (AvgIpc) is 3.15. The van der Waals surface area contributed by atoms with Crippen molar-refractivity contribution in [3.05, 3.63) is 65.7 Å². The Morgan fingerprint density at radius 2 is 2.04 bits per heavy atom. The molecular weight excluding hydrogens is 320 g/mol. The number of hydrogen-bond acceptors (Lipinski definition) is 4. The number of rotatable bonds is 6. The van der Waals surface area contributed by atoms with Crippen LogP contribution >= 0.6 is 11.3 Å². The Balaban J connectivity index is 1.54. The van der Waals surface area contributed by atoms with Gasteiger partial charge in [-0.2, -0.15) is 0 Å². The molecule has 24 heavy (non-hydrogen) atoms. The minimum Gasteiger partial charge on any atom is -0.484 e. The zero-order chi connectivity index (χ0) is 16.8. The summed E-state index contributed by atoms with van der Waals surface area (Å²) in [6, 6.07) is 15.4. The summed E-state index contributed by atoms with van der Waals surface area (Å²) in [6.07, 6.45) is 2.72. The van der Waals surface area contributed by atoms with Gasteiger partial charge in [0.1, 0.15) is 10.8 Å². The minimum atomic E-state index is -0.182. The van der Waals surface area contributed by atoms with E-state index in [4.69, 9.17) is 4.74 Å². The van der Waals surface area contributed by atoms with Crippen LogP contribution in [0.15, 0.2) is 60.1 Å². The van der Waals surface area contributed by atoms with E-state index in [1.54, 1.807) is 17.5 Å². The van der Waals surface area contributed by atoms with Gasteiger partial charge in [0.15, 0.2) is 6.61 Å². The Kier molecular flexibility index (Phi) is 5.23. The predicted octanol–water partition coefficient (Wildman–Crippen LogP) is 4.39. The van der Waals surface area contributed by atoms with Crippen molar-refractivity contribution in [1.82, 2.24) is 4.98 Å². The lowest BCUT2D eigenvalue weighted by molar-refractivity contribution is -0.118. The van der Waals surface area contributed by atoms with Crippen LogP contribution in [-0.4, -0.2) is 17.5 Å². The first-order valence-corrected chi connectivity index (χ1v) is 8.64. The Bertz CT molecular complexity index is 798. The molecule has 122 valence electrons. The van der Waals surface area contributed by atoms with Crippen molar-refractivity contribution >= 4 is 22.9 Å². The smallest absolute Gasteiger partial charge is 0.262 e. The van der Waals surface area contributed by atoms with Crippen LogP contribution in [0, 0.1) is 0 Å². The molecule has 1 N–H and O–H groups in total. The number of thiazole rings is 1. The summed E-state index contributed by atoms with van der Waals surface area (Å²) in [4.78, 5) is 16.3. The fourth-order valence-corrected chi connectivity index (χ4v) is 2.91. The van der Waals surface area contributed by atoms with Crippen molar-refractivity contribution in [3.63, 3.8) is 0 Å². The maximum atomic E-state index is 12.0. The molecule has 3 rings (SSSR count). The van der Waals surface area contributed by atoms with Gasteiger partial charge >= 0.3 is 0 Å². The van der Waals surface area contributed by atoms with Crippen LogP contribution < -0.4 is 10.1 Å². The van der Waals surface area contributed by atoms with E-state index >= 15 is 0 Å². The second-order valence-electron chi connectivity index (χ2n) is 5.25. The lowest BCUT2D eigenvalue weighted by Gasteiger charge is -2.09. The molecule has 0 bridgehead atoms. The van der Waals surface area contributed by atoms with Crippen LogP contribution in [0.5, 0.6) is 5.75 Å². The molecule has 5 heteroatoms. The lowest BCUT2D eigenvalue weighted by atomic mass is 10.2. The number of amides is 1. The molecule has 4 nitrogen and oxygen atoms in total. The fraction of sp³-hybridized carbons (Fsp3) is 0.158. The van der Waals surface area contributed by atoms with E-state index in [1.807, 2.05) is 53.9 Å². The summed E-state index contributed by atoms with van der Waals surface area (Å²) in [5.74, 6) is 0.530. The van der Waals surface area contributed by atoms with Gasteiger partial charge in [-0.1, -0.05) is 19.1 Å². The van der Waals surface area contributed by atoms with Gasteiger partial charge in [0.25, 0.3) is 5.91 Å². The summed E-state index contributed by atoms with van der Waals surface area (Å²) >= 11 is 1.59. The van der Waals surface area contributed by atoms with E-state index in [1.165, 1.54) is 5.56 Å². The molecule has 0 unspecified atom stereocenters. The number of anilines is 1. The third-order valence-corrected chi connectivity index (χ3v) is 4.35. The average molecular weight is 338 g/mol. The van der Waals surface area contributed by atoms with Gasteiger partial charge < -0.3 is 10.1 Å². The van der Waals surface area contributed by atoms with Crippen molar-refractivity contribution in [3.8, 4) is 16.3 Å². The standard InChI is InChI=1S/C19H18N2O2S/c1-2-14-4-3-5-17(12-14)23-13-18(22)21-16-8-6-15(7-9-16)19-20-10-11-24-19/h3-12H,2,13H2,1H3,(H,21,22). The van der Waals surface area contributed by atoms with Crippen LogP contribution in [0.2, 0.25) is 0 Å². The van der Waals surface area contributed by atoms with Crippen molar-refractivity contribution < 1.29 is 9.53 Å². The van der Waals surface area contributed by atoms with E-state index < -0.39 is 0 Å². The highest BCUT2D eigenvalue weighted by Gasteiger charge is 2.05. The van der Waals surface area contributed by atoms with Crippen molar-refractivity contribution in [2.45, 2.75) is 13.3 Å². The quantitative estimate of drug-likeness (QED) is 0.725. The molecule has 3 aromatic rings. The van der Waals surface area contributed by atoms with E-state index in [9.17, 15) is 4.79 Å². The molecule has 0 atom stereocenters. The summed E-state index contributed by atoms with van der Waals surface area (Å²) in [6.45, 7) is 2.07. The second kappa shape index (κ2) is 7.75. The Morgan fingerprint density at radius 1 is 1.21 bits per heavy atom. The number of nitrogens with zero attached hydrogens (tertiary/aromatic N) is 1. The predicted molar refractivity (Wildman–Crippen MR) is 97.5 cm³/mol. The first kappa shape index (κ1) is 16.2. The Hall–Kier alpha value is -2.66. The molecule has 0 radical (unpaired) electrons. The minimum absolute atomic E-state index is 0.0125. The third kappa shape index (κ3) is 4.20. The highest BCUT2D eigenvalue weighted by Crippen LogP contribution is 2.23. The maximum Gasteiger partial charge on any atom is 0.262 e. The van der Waals surface area contributed by atoms with Crippen LogP contribution in [0.25, 0.3) is 10.6 Å². The second-order valence-corrected chi connectivity index (χ2v) is 6.15. The molecule has 0 aliphatic carbocycles. The first-order chi connectivity index (χ1) is 11.7. The number of aryl methyl sites for hydroxylation is 1. The Labute approximate surface area is 145 Å². The number of benzene rings is 2. The van der Waals surface area contributed by atoms with Crippen molar-refractivity contribution in [1.29, 1.82) is 0 Å². The van der Waals surface area contributed by atoms with Crippen LogP contribution in [0.3, 0.4) is 0 Å². The fourth-order valence-electron chi connectivity index (χ4n) is 2.26. The van der Waals surface area contributed by atoms with E-state index in [2.05, 4.69) is 17.2 Å². The maximum absolute atomic E-state index is 12.0. The number of ether oxygens (including phenoxy) is 1. The first-order valence-electron chi connectivity index (χ1n) is 7.76. The molecule has 0 aliphatic rings. The molecule has 0 spiro atoms. The number of hydrogen-bond donors (Lipinski definition) is 1. The highest BCUT2D eigenvalue weighted by molar-refractivity contribution is 7.13. The van der Waals surface area contributed by atoms with Crippen molar-refractivity contribution in [2.75, 3.05) is 11.9 Å². The highest BCUT2D eigenvalue weighted by atomic mass is 32.1. The summed E-state index contributed by atoms with van der Waals surface area (Å²) < 4.78 is 5.54. The number of carbonyl (C=O) groups is 1. The molecular formula is C19H18N2O2S. The molecule has 0 saturated heterocycles. The van der Waals surface area contributed by atoms with Gasteiger partial charge in [-0.3, -0.25) is 4.79 Å². The van der Waals surface area contributed by atoms with Gasteiger partial charge in [0.2, 0.25) is 0 Å². The van der Waals surface area contributed by atoms with Crippen LogP contribution in [0.1, 0.15) is 12.5 Å².